The van der Waals surface area contributed by atoms with Gasteiger partial charge in [-0.1, -0.05) is 25.3 Å². The van der Waals surface area contributed by atoms with Crippen LogP contribution in [0.15, 0.2) is 18.2 Å². The minimum absolute atomic E-state index is 0.0989. The van der Waals surface area contributed by atoms with Crippen molar-refractivity contribution in [1.29, 1.82) is 0 Å². The third-order valence-corrected chi connectivity index (χ3v) is 5.30. The summed E-state index contributed by atoms with van der Waals surface area (Å²) in [7, 11) is 1.73. The molecule has 116 valence electrons. The van der Waals surface area contributed by atoms with E-state index < -0.39 is 0 Å². The van der Waals surface area contributed by atoms with Crippen LogP contribution < -0.4 is 4.74 Å². The van der Waals surface area contributed by atoms with Gasteiger partial charge in [0.25, 0.3) is 0 Å². The predicted molar refractivity (Wildman–Crippen MR) is 84.3 cm³/mol. The van der Waals surface area contributed by atoms with Gasteiger partial charge in [0.2, 0.25) is 0 Å². The molecule has 0 spiro atoms. The first-order valence-electron chi connectivity index (χ1n) is 8.29. The maximum atomic E-state index is 9.33. The Hall–Kier alpha value is -1.06. The Morgan fingerprint density at radius 1 is 1.19 bits per heavy atom. The van der Waals surface area contributed by atoms with Crippen LogP contribution in [0.25, 0.3) is 0 Å². The van der Waals surface area contributed by atoms with E-state index in [4.69, 9.17) is 4.74 Å². The zero-order valence-corrected chi connectivity index (χ0v) is 13.1. The van der Waals surface area contributed by atoms with Crippen LogP contribution >= 0.6 is 0 Å². The Kier molecular flexibility index (Phi) is 4.81. The molecule has 0 aromatic heterocycles. The van der Waals surface area contributed by atoms with E-state index in [2.05, 4.69) is 11.0 Å². The molecule has 2 fully saturated rings. The van der Waals surface area contributed by atoms with Crippen molar-refractivity contribution in [2.24, 2.45) is 11.8 Å². The lowest BCUT2D eigenvalue weighted by atomic mass is 9.75. The number of fused-ring (bicyclic) bond motifs is 1. The normalized spacial score (nSPS) is 26.4. The van der Waals surface area contributed by atoms with E-state index in [0.717, 1.165) is 29.7 Å². The van der Waals surface area contributed by atoms with Crippen molar-refractivity contribution >= 4 is 0 Å². The molecule has 1 N–H and O–H groups in total. The Morgan fingerprint density at radius 2 is 2.00 bits per heavy atom. The molecule has 0 radical (unpaired) electrons. The van der Waals surface area contributed by atoms with E-state index in [1.54, 1.807) is 7.11 Å². The fraction of sp³-hybridized carbons (Fsp3) is 0.667. The number of likely N-dealkylation sites (tertiary alicyclic amines) is 1. The smallest absolute Gasteiger partial charge is 0.123 e. The summed E-state index contributed by atoms with van der Waals surface area (Å²) in [4.78, 5) is 2.57. The average Bonchev–Trinajstić information content (AvgIpc) is 2.54. The van der Waals surface area contributed by atoms with Gasteiger partial charge in [-0.25, -0.2) is 0 Å². The Bertz CT molecular complexity index is 474. The van der Waals surface area contributed by atoms with Crippen LogP contribution in [-0.4, -0.2) is 30.2 Å². The number of methoxy groups -OCH3 is 1. The van der Waals surface area contributed by atoms with Crippen LogP contribution in [0.5, 0.6) is 5.75 Å². The fourth-order valence-corrected chi connectivity index (χ4v) is 4.11. The number of piperidine rings is 1. The lowest BCUT2D eigenvalue weighted by molar-refractivity contribution is 0.0815. The zero-order chi connectivity index (χ0) is 14.7. The topological polar surface area (TPSA) is 32.7 Å². The largest absolute Gasteiger partial charge is 0.496 e. The molecule has 3 rings (SSSR count). The maximum Gasteiger partial charge on any atom is 0.123 e. The second-order valence-corrected chi connectivity index (χ2v) is 6.63. The second-order valence-electron chi connectivity index (χ2n) is 6.63. The molecule has 3 nitrogen and oxygen atoms in total. The predicted octanol–water partition coefficient (Wildman–Crippen LogP) is 3.20. The molecule has 2 unspecified atom stereocenters. The molecule has 1 aromatic carbocycles. The number of nitrogens with zero attached hydrogens (tertiary/aromatic N) is 1. The second kappa shape index (κ2) is 6.80. The molecule has 1 saturated heterocycles. The van der Waals surface area contributed by atoms with Crippen LogP contribution in [-0.2, 0) is 13.2 Å². The molecule has 21 heavy (non-hydrogen) atoms. The van der Waals surface area contributed by atoms with Gasteiger partial charge >= 0.3 is 0 Å². The summed E-state index contributed by atoms with van der Waals surface area (Å²) in [5.74, 6) is 2.82. The van der Waals surface area contributed by atoms with Gasteiger partial charge in [-0.05, 0) is 48.9 Å². The van der Waals surface area contributed by atoms with Crippen molar-refractivity contribution in [3.8, 4) is 5.75 Å². The van der Waals surface area contributed by atoms with Gasteiger partial charge < -0.3 is 9.84 Å². The van der Waals surface area contributed by atoms with Crippen LogP contribution in [0, 0.1) is 11.8 Å². The van der Waals surface area contributed by atoms with Gasteiger partial charge in [0.15, 0.2) is 0 Å². The number of ether oxygens (including phenoxy) is 1. The van der Waals surface area contributed by atoms with Crippen LogP contribution in [0.2, 0.25) is 0 Å². The third-order valence-electron chi connectivity index (χ3n) is 5.30. The highest BCUT2D eigenvalue weighted by atomic mass is 16.5. The van der Waals surface area contributed by atoms with Gasteiger partial charge in [0.05, 0.1) is 13.7 Å². The molecule has 1 aromatic rings. The molecule has 1 aliphatic heterocycles. The van der Waals surface area contributed by atoms with Crippen molar-refractivity contribution in [3.05, 3.63) is 29.3 Å². The van der Waals surface area contributed by atoms with Crippen molar-refractivity contribution in [1.82, 2.24) is 4.90 Å². The first-order valence-corrected chi connectivity index (χ1v) is 8.29. The monoisotopic (exact) mass is 289 g/mol. The standard InChI is InChI=1S/C18H27NO2/c1-21-18-7-6-14(13-20)10-17(18)12-19-9-8-15-4-2-3-5-16(15)11-19/h6-7,10,15-16,20H,2-5,8-9,11-13H2,1H3. The van der Waals surface area contributed by atoms with Crippen molar-refractivity contribution in [2.45, 2.75) is 45.3 Å². The summed E-state index contributed by atoms with van der Waals surface area (Å²) >= 11 is 0. The molecule has 1 aliphatic carbocycles. The van der Waals surface area contributed by atoms with Crippen molar-refractivity contribution < 1.29 is 9.84 Å². The first-order chi connectivity index (χ1) is 10.3. The van der Waals surface area contributed by atoms with Gasteiger partial charge in [0.1, 0.15) is 5.75 Å². The van der Waals surface area contributed by atoms with E-state index in [-0.39, 0.29) is 6.61 Å². The first kappa shape index (κ1) is 14.9. The van der Waals surface area contributed by atoms with E-state index in [1.807, 2.05) is 12.1 Å². The molecule has 3 heteroatoms. The molecule has 1 saturated carbocycles. The van der Waals surface area contributed by atoms with Crippen LogP contribution in [0.4, 0.5) is 0 Å². The Morgan fingerprint density at radius 3 is 2.76 bits per heavy atom. The Labute approximate surface area is 127 Å². The van der Waals surface area contributed by atoms with Crippen molar-refractivity contribution in [2.75, 3.05) is 20.2 Å². The number of rotatable bonds is 4. The van der Waals surface area contributed by atoms with Gasteiger partial charge in [-0.3, -0.25) is 4.90 Å². The van der Waals surface area contributed by atoms with Crippen LogP contribution in [0.3, 0.4) is 0 Å². The molecule has 0 amide bonds. The number of hydrogen-bond donors (Lipinski definition) is 1. The lowest BCUT2D eigenvalue weighted by Gasteiger charge is -2.41. The van der Waals surface area contributed by atoms with E-state index >= 15 is 0 Å². The highest BCUT2D eigenvalue weighted by Crippen LogP contribution is 2.36. The molecule has 1 heterocycles. The number of benzene rings is 1. The van der Waals surface area contributed by atoms with E-state index in [0.29, 0.717) is 0 Å². The number of aliphatic hydroxyl groups is 1. The maximum absolute atomic E-state index is 9.33. The molecular weight excluding hydrogens is 262 g/mol. The van der Waals surface area contributed by atoms with E-state index in [1.165, 1.54) is 50.8 Å². The van der Waals surface area contributed by atoms with E-state index in [9.17, 15) is 5.11 Å². The summed E-state index contributed by atoms with van der Waals surface area (Å²) in [6, 6.07) is 6.01. The number of hydrogen-bond acceptors (Lipinski definition) is 3. The number of aliphatic hydroxyl groups excluding tert-OH is 1. The molecular formula is C18H27NO2. The van der Waals surface area contributed by atoms with Gasteiger partial charge in [-0.2, -0.15) is 0 Å². The van der Waals surface area contributed by atoms with Gasteiger partial charge in [-0.15, -0.1) is 0 Å². The minimum atomic E-state index is 0.0989. The highest BCUT2D eigenvalue weighted by Gasteiger charge is 2.31. The molecule has 0 bridgehead atoms. The average molecular weight is 289 g/mol. The van der Waals surface area contributed by atoms with Gasteiger partial charge in [0, 0.05) is 18.7 Å². The van der Waals surface area contributed by atoms with Crippen molar-refractivity contribution in [3.63, 3.8) is 0 Å². The minimum Gasteiger partial charge on any atom is -0.496 e. The summed E-state index contributed by atoms with van der Waals surface area (Å²) in [6.45, 7) is 3.48. The summed E-state index contributed by atoms with van der Waals surface area (Å²) < 4.78 is 5.48. The molecule has 2 aliphatic rings. The highest BCUT2D eigenvalue weighted by molar-refractivity contribution is 5.37. The summed E-state index contributed by atoms with van der Waals surface area (Å²) in [5, 5.41) is 9.33. The Balaban J connectivity index is 1.68. The summed E-state index contributed by atoms with van der Waals surface area (Å²) in [6.07, 6.45) is 7.06. The lowest BCUT2D eigenvalue weighted by Crippen LogP contribution is -2.41. The zero-order valence-electron chi connectivity index (χ0n) is 13.1. The third kappa shape index (κ3) is 3.41. The SMILES string of the molecule is COc1ccc(CO)cc1CN1CCC2CCCCC2C1. The quantitative estimate of drug-likeness (QED) is 0.924. The molecule has 2 atom stereocenters. The summed E-state index contributed by atoms with van der Waals surface area (Å²) in [5.41, 5.74) is 2.18. The van der Waals surface area contributed by atoms with Crippen LogP contribution in [0.1, 0.15) is 43.2 Å². The fourth-order valence-electron chi connectivity index (χ4n) is 4.11.